The summed E-state index contributed by atoms with van der Waals surface area (Å²) in [6.07, 6.45) is 7.02. The van der Waals surface area contributed by atoms with Gasteiger partial charge in [-0.15, -0.1) is 12.1 Å². The Hall–Kier alpha value is -5.19. The van der Waals surface area contributed by atoms with Crippen LogP contribution in [0.5, 0.6) is 11.5 Å². The Morgan fingerprint density at radius 3 is 1.77 bits per heavy atom. The largest absolute Gasteiger partial charge is 0.418 e. The topological polar surface area (TPSA) is 256 Å². The van der Waals surface area contributed by atoms with Crippen LogP contribution in [0.1, 0.15) is 55.4 Å². The minimum Gasteiger partial charge on any atom is -0.414 e. The number of nitrogens with two attached hydrogens (primary N) is 1. The second-order valence-electron chi connectivity index (χ2n) is 17.1. The zero-order chi connectivity index (χ0) is 55.1. The summed E-state index contributed by atoms with van der Waals surface area (Å²) in [5.74, 6) is 1.52. The maximum atomic E-state index is 11.8. The van der Waals surface area contributed by atoms with Crippen molar-refractivity contribution >= 4 is 105 Å². The molecule has 0 aliphatic carbocycles. The van der Waals surface area contributed by atoms with Gasteiger partial charge in [0.1, 0.15) is 22.5 Å². The third-order valence-electron chi connectivity index (χ3n) is 10.8. The van der Waals surface area contributed by atoms with E-state index in [1.165, 1.54) is 103 Å². The number of piperidine rings is 1. The summed E-state index contributed by atoms with van der Waals surface area (Å²) in [7, 11) is 0. The molecule has 0 bridgehead atoms. The molecule has 25 heteroatoms. The van der Waals surface area contributed by atoms with E-state index in [0.29, 0.717) is 21.5 Å². The molecule has 0 saturated carbocycles. The van der Waals surface area contributed by atoms with E-state index in [0.717, 1.165) is 68.6 Å². The first kappa shape index (κ1) is 67.1. The van der Waals surface area contributed by atoms with Crippen molar-refractivity contribution in [2.45, 2.75) is 72.9 Å². The number of halogens is 2. The molecule has 1 amide bonds. The number of pyridine rings is 2. The fourth-order valence-electron chi connectivity index (χ4n) is 7.03. The minimum absolute atomic E-state index is 0. The summed E-state index contributed by atoms with van der Waals surface area (Å²) in [5, 5.41) is 31.7. The maximum Gasteiger partial charge on any atom is 0.418 e. The van der Waals surface area contributed by atoms with Crippen molar-refractivity contribution in [3.05, 3.63) is 169 Å². The average molecular weight is 1290 g/mol. The molecule has 5 N–H and O–H groups in total. The fourth-order valence-corrected chi connectivity index (χ4v) is 8.75. The van der Waals surface area contributed by atoms with Gasteiger partial charge in [-0.05, 0) is 106 Å². The molecule has 2 fully saturated rings. The van der Waals surface area contributed by atoms with Crippen LogP contribution >= 0.6 is 45.9 Å². The molecule has 78 heavy (non-hydrogen) atoms. The molecule has 19 nitrogen and oxygen atoms in total. The van der Waals surface area contributed by atoms with Crippen molar-refractivity contribution in [1.29, 1.82) is 0 Å². The quantitative estimate of drug-likeness (QED) is 0.0397. The number of nitrogens with one attached hydrogen (secondary N) is 3. The minimum atomic E-state index is -0.978. The monoisotopic (exact) mass is 1290 g/mol. The number of carbonyl (C=O) groups excluding carboxylic acids is 2. The van der Waals surface area contributed by atoms with E-state index < -0.39 is 21.4 Å². The summed E-state index contributed by atoms with van der Waals surface area (Å²) in [4.78, 5) is 60.8. The predicted octanol–water partition coefficient (Wildman–Crippen LogP) is 12.6. The van der Waals surface area contributed by atoms with Gasteiger partial charge in [0.15, 0.2) is 10.3 Å². The Morgan fingerprint density at radius 1 is 0.756 bits per heavy atom. The first-order valence-corrected chi connectivity index (χ1v) is 26.1. The van der Waals surface area contributed by atoms with E-state index in [1.807, 2.05) is 69.4 Å². The summed E-state index contributed by atoms with van der Waals surface area (Å²) in [6.45, 7) is 16.8. The van der Waals surface area contributed by atoms with Gasteiger partial charge in [0.25, 0.3) is 11.4 Å². The molecule has 4 aromatic heterocycles. The molecular weight excluding hydrogens is 1230 g/mol. The molecule has 2 atom stereocenters. The zero-order valence-electron chi connectivity index (χ0n) is 43.7. The molecule has 4 aromatic carbocycles. The number of nitro benzene ring substituents is 2. The number of piperazine rings is 1. The Bertz CT molecular complexity index is 3150. The smallest absolute Gasteiger partial charge is 0.414 e. The van der Waals surface area contributed by atoms with Gasteiger partial charge in [-0.1, -0.05) is 53.4 Å². The van der Waals surface area contributed by atoms with Crippen molar-refractivity contribution in [3.63, 3.8) is 0 Å². The second-order valence-corrected chi connectivity index (χ2v) is 19.8. The van der Waals surface area contributed by atoms with Gasteiger partial charge in [-0.3, -0.25) is 25.5 Å². The van der Waals surface area contributed by atoms with E-state index in [2.05, 4.69) is 84.5 Å². The standard InChI is InChI=1S/C15H10N3O4S.C11H17N3.C8H7N2S.C7H4ClNO4.C6H6ClN.C6H13N.2Y/c1-9-2-7-13-12(8-9)16-14(23-13)17-15(19)22-11-5-3-10(4-6-11)18(20)21;1-9-4-3-5-13-11(9)14-7-6-12-10(2)8-14;1-5-2-3-7-6(4-5)10-8(9)11-7;8-7(10)13-6-3-1-5(2-4-6)9(11)12;1-5-3-2-4-8-6(5)7;1-6-4-2-3-5-7-6;;/h3-8H,1H3,(H,16,17,19);3-5,10,12H,6-8H2,1-2H3;3-4H,1H3,(H2,9,10);1-4H;2-4H,1H3;6-7H,2-5H2,1H3;;/q-1;;-1;;;;;. The van der Waals surface area contributed by atoms with Gasteiger partial charge in [-0.2, -0.15) is 58.1 Å². The number of rotatable bonds is 6. The molecule has 406 valence electrons. The number of nitrogens with zero attached hydrogens (tertiary/aromatic N) is 7. The molecule has 2 saturated heterocycles. The van der Waals surface area contributed by atoms with Crippen LogP contribution in [0.2, 0.25) is 5.15 Å². The van der Waals surface area contributed by atoms with Gasteiger partial charge in [0.2, 0.25) is 0 Å². The zero-order valence-corrected chi connectivity index (χ0v) is 52.5. The number of hydrogen-bond donors (Lipinski definition) is 4. The number of carbonyl (C=O) groups is 2. The van der Waals surface area contributed by atoms with Gasteiger partial charge in [0, 0.05) is 145 Å². The van der Waals surface area contributed by atoms with E-state index >= 15 is 0 Å². The Morgan fingerprint density at radius 2 is 1.29 bits per heavy atom. The van der Waals surface area contributed by atoms with Crippen LogP contribution in [0, 0.1) is 60.1 Å². The number of nitro groups is 2. The number of benzene rings is 4. The third-order valence-corrected chi connectivity index (χ3v) is 13.1. The number of aryl methyl sites for hydroxylation is 4. The Labute approximate surface area is 520 Å². The number of fused-ring (bicyclic) bond motifs is 2. The first-order valence-electron chi connectivity index (χ1n) is 23.7. The number of aromatic nitrogens is 4. The molecular formula is C53H57Cl2N11O8S2Y2-2. The third kappa shape index (κ3) is 23.6. The van der Waals surface area contributed by atoms with Crippen molar-refractivity contribution < 1.29 is 94.3 Å². The van der Waals surface area contributed by atoms with Crippen molar-refractivity contribution in [1.82, 2.24) is 30.6 Å². The van der Waals surface area contributed by atoms with Crippen molar-refractivity contribution in [2.75, 3.05) is 42.1 Å². The van der Waals surface area contributed by atoms with Gasteiger partial charge in [-0.25, -0.2) is 29.5 Å². The normalized spacial score (nSPS) is 14.1. The van der Waals surface area contributed by atoms with Gasteiger partial charge in [0.05, 0.1) is 9.85 Å². The SMILES string of the molecule is CC1CCCCN1.Cc1[c-]cc2sc(N)nc2c1.Cc1[c-]cc2sc(NC(=O)Oc3ccc([N+](=O)[O-])cc3)nc2c1.Cc1cccnc1Cl.Cc1cccnc1N1CCNC(C)C1.O=C(Cl)Oc1ccc([N+](=O)[O-])cc1.[Y].[Y]. The average Bonchev–Trinajstić information content (AvgIpc) is 3.98. The molecule has 2 unspecified atom stereocenters. The summed E-state index contributed by atoms with van der Waals surface area (Å²) in [5.41, 5.74) is 10.5. The Kier molecular flexibility index (Phi) is 29.9. The van der Waals surface area contributed by atoms with Crippen LogP contribution in [0.15, 0.2) is 109 Å². The maximum absolute atomic E-state index is 11.8. The number of nitrogen functional groups attached to an aromatic ring is 1. The summed E-state index contributed by atoms with van der Waals surface area (Å²) < 4.78 is 11.5. The summed E-state index contributed by atoms with van der Waals surface area (Å²) in [6, 6.07) is 33.3. The second kappa shape index (κ2) is 34.7. The van der Waals surface area contributed by atoms with E-state index in [4.69, 9.17) is 33.7 Å². The van der Waals surface area contributed by atoms with Crippen LogP contribution in [-0.4, -0.2) is 79.6 Å². The van der Waals surface area contributed by atoms with Crippen LogP contribution in [0.25, 0.3) is 20.4 Å². The van der Waals surface area contributed by atoms with Crippen LogP contribution < -0.4 is 36.1 Å². The Balaban J connectivity index is 0.000000256. The predicted molar refractivity (Wildman–Crippen MR) is 302 cm³/mol. The molecule has 8 aromatic rings. The molecule has 2 aliphatic rings. The fraction of sp³-hybridized carbons (Fsp3) is 0.283. The van der Waals surface area contributed by atoms with Crippen molar-refractivity contribution in [2.24, 2.45) is 0 Å². The van der Waals surface area contributed by atoms with Gasteiger partial charge >= 0.3 is 11.5 Å². The first-order chi connectivity index (χ1) is 36.3. The molecule has 2 aliphatic heterocycles. The molecule has 10 rings (SSSR count). The number of hydrogen-bond acceptors (Lipinski definition) is 18. The van der Waals surface area contributed by atoms with E-state index in [-0.39, 0.29) is 88.3 Å². The van der Waals surface area contributed by atoms with Crippen LogP contribution in [-0.2, 0) is 65.4 Å². The molecule has 6 heterocycles. The van der Waals surface area contributed by atoms with E-state index in [9.17, 15) is 29.8 Å². The molecule has 0 spiro atoms. The number of anilines is 3. The number of non-ortho nitro benzene ring substituents is 2. The summed E-state index contributed by atoms with van der Waals surface area (Å²) >= 11 is 13.3. The van der Waals surface area contributed by atoms with Crippen LogP contribution in [0.4, 0.5) is 37.0 Å². The number of amides is 1. The van der Waals surface area contributed by atoms with Crippen LogP contribution in [0.3, 0.4) is 0 Å². The van der Waals surface area contributed by atoms with Gasteiger partial charge < -0.3 is 30.7 Å². The van der Waals surface area contributed by atoms with E-state index in [1.54, 1.807) is 6.20 Å². The number of thiazole rings is 2. The molecule has 2 radical (unpaired) electrons. The number of ether oxygens (including phenoxy) is 2. The van der Waals surface area contributed by atoms with Crippen molar-refractivity contribution in [3.8, 4) is 11.5 Å².